The van der Waals surface area contributed by atoms with E-state index in [-0.39, 0.29) is 0 Å². The van der Waals surface area contributed by atoms with E-state index < -0.39 is 4.92 Å². The van der Waals surface area contributed by atoms with Gasteiger partial charge in [0.15, 0.2) is 5.82 Å². The van der Waals surface area contributed by atoms with E-state index in [9.17, 15) is 10.1 Å². The van der Waals surface area contributed by atoms with Crippen LogP contribution in [-0.2, 0) is 0 Å². The highest BCUT2D eigenvalue weighted by atomic mass is 35.5. The lowest BCUT2D eigenvalue weighted by Gasteiger charge is -2.05. The predicted molar refractivity (Wildman–Crippen MR) is 73.9 cm³/mol. The second-order valence-corrected chi connectivity index (χ2v) is 3.62. The van der Waals surface area contributed by atoms with E-state index in [4.69, 9.17) is 11.6 Å². The van der Waals surface area contributed by atoms with Gasteiger partial charge in [0.25, 0.3) is 6.20 Å². The molecule has 1 rings (SSSR count). The molecule has 100 valence electrons. The molecule has 0 aliphatic carbocycles. The standard InChI is InChI=1S/C6H5Cl.C6H13N3O2/c7-6-4-2-1-3-5-6;1-3-7-6(8-4-2)5-9(10)11/h1-5H;5,7-8H,3-4H2,1-2H3. The van der Waals surface area contributed by atoms with Crippen molar-refractivity contribution in [2.45, 2.75) is 13.8 Å². The van der Waals surface area contributed by atoms with Gasteiger partial charge in [-0.25, -0.2) is 0 Å². The fourth-order valence-corrected chi connectivity index (χ4v) is 1.20. The summed E-state index contributed by atoms with van der Waals surface area (Å²) in [7, 11) is 0. The van der Waals surface area contributed by atoms with Crippen molar-refractivity contribution >= 4 is 11.6 Å². The molecule has 0 unspecified atom stereocenters. The van der Waals surface area contributed by atoms with Crippen LogP contribution >= 0.6 is 11.6 Å². The lowest BCUT2D eigenvalue weighted by Crippen LogP contribution is -2.26. The summed E-state index contributed by atoms with van der Waals surface area (Å²) < 4.78 is 0. The molecule has 0 saturated heterocycles. The molecule has 2 N–H and O–H groups in total. The van der Waals surface area contributed by atoms with E-state index >= 15 is 0 Å². The molecule has 1 aromatic rings. The zero-order valence-electron chi connectivity index (χ0n) is 10.5. The van der Waals surface area contributed by atoms with Gasteiger partial charge in [-0.2, -0.15) is 0 Å². The Morgan fingerprint density at radius 3 is 2.06 bits per heavy atom. The van der Waals surface area contributed by atoms with E-state index in [1.807, 2.05) is 44.2 Å². The zero-order valence-corrected chi connectivity index (χ0v) is 11.3. The average Bonchev–Trinajstić information content (AvgIpc) is 2.30. The largest absolute Gasteiger partial charge is 0.367 e. The summed E-state index contributed by atoms with van der Waals surface area (Å²) in [6.07, 6.45) is 0.924. The Morgan fingerprint density at radius 2 is 1.78 bits per heavy atom. The van der Waals surface area contributed by atoms with Crippen molar-refractivity contribution in [2.75, 3.05) is 13.1 Å². The molecule has 5 nitrogen and oxygen atoms in total. The SMILES string of the molecule is CCNC(=C[N+](=O)[O-])NCC.Clc1ccccc1. The smallest absolute Gasteiger partial charge is 0.274 e. The molecule has 0 heterocycles. The predicted octanol–water partition coefficient (Wildman–Crippen LogP) is 2.62. The highest BCUT2D eigenvalue weighted by Gasteiger charge is 1.97. The van der Waals surface area contributed by atoms with Crippen LogP contribution in [0.1, 0.15) is 13.8 Å². The Labute approximate surface area is 112 Å². The molecule has 0 radical (unpaired) electrons. The minimum absolute atomic E-state index is 0.458. The third kappa shape index (κ3) is 9.47. The first-order valence-corrected chi connectivity index (χ1v) is 6.01. The molecule has 0 amide bonds. The van der Waals surface area contributed by atoms with Gasteiger partial charge in [-0.1, -0.05) is 29.8 Å². The molecule has 0 atom stereocenters. The van der Waals surface area contributed by atoms with Crippen LogP contribution in [0.2, 0.25) is 5.02 Å². The van der Waals surface area contributed by atoms with Gasteiger partial charge < -0.3 is 10.6 Å². The number of hydrogen-bond donors (Lipinski definition) is 2. The van der Waals surface area contributed by atoms with Gasteiger partial charge in [0.2, 0.25) is 0 Å². The first kappa shape index (κ1) is 16.2. The van der Waals surface area contributed by atoms with Crippen LogP contribution in [0.4, 0.5) is 0 Å². The van der Waals surface area contributed by atoms with Crippen LogP contribution < -0.4 is 10.6 Å². The van der Waals surface area contributed by atoms with Crippen molar-refractivity contribution in [3.63, 3.8) is 0 Å². The molecule has 0 bridgehead atoms. The van der Waals surface area contributed by atoms with E-state index in [0.717, 1.165) is 11.2 Å². The summed E-state index contributed by atoms with van der Waals surface area (Å²) in [6.45, 7) is 5.11. The highest BCUT2D eigenvalue weighted by molar-refractivity contribution is 6.30. The maximum atomic E-state index is 10.0. The van der Waals surface area contributed by atoms with Crippen molar-refractivity contribution < 1.29 is 4.92 Å². The molecule has 0 fully saturated rings. The Kier molecular flexibility index (Phi) is 9.40. The minimum atomic E-state index is -0.485. The number of rotatable bonds is 5. The molecular formula is C12H18ClN3O2. The van der Waals surface area contributed by atoms with Crippen LogP contribution in [-0.4, -0.2) is 18.0 Å². The molecule has 0 aliphatic heterocycles. The van der Waals surface area contributed by atoms with Crippen LogP contribution in [0.25, 0.3) is 0 Å². The lowest BCUT2D eigenvalue weighted by atomic mass is 10.4. The van der Waals surface area contributed by atoms with Crippen LogP contribution in [0.15, 0.2) is 42.4 Å². The first-order valence-electron chi connectivity index (χ1n) is 5.63. The maximum absolute atomic E-state index is 10.0. The second kappa shape index (κ2) is 10.4. The van der Waals surface area contributed by atoms with Crippen LogP contribution in [0.3, 0.4) is 0 Å². The van der Waals surface area contributed by atoms with E-state index in [2.05, 4.69) is 10.6 Å². The fraction of sp³-hybridized carbons (Fsp3) is 0.333. The normalized spacial score (nSPS) is 8.61. The zero-order chi connectivity index (χ0) is 13.8. The molecule has 0 aliphatic rings. The topological polar surface area (TPSA) is 67.2 Å². The number of nitrogens with zero attached hydrogens (tertiary/aromatic N) is 1. The summed E-state index contributed by atoms with van der Waals surface area (Å²) in [6, 6.07) is 9.44. The summed E-state index contributed by atoms with van der Waals surface area (Å²) >= 11 is 5.54. The van der Waals surface area contributed by atoms with Crippen molar-refractivity contribution in [1.82, 2.24) is 10.6 Å². The summed E-state index contributed by atoms with van der Waals surface area (Å²) in [4.78, 5) is 9.52. The Balaban J connectivity index is 0.000000351. The molecule has 0 saturated carbocycles. The van der Waals surface area contributed by atoms with Gasteiger partial charge >= 0.3 is 0 Å². The number of halogens is 1. The molecular weight excluding hydrogens is 254 g/mol. The molecule has 18 heavy (non-hydrogen) atoms. The highest BCUT2D eigenvalue weighted by Crippen LogP contribution is 2.03. The summed E-state index contributed by atoms with van der Waals surface area (Å²) in [5.41, 5.74) is 0. The molecule has 6 heteroatoms. The summed E-state index contributed by atoms with van der Waals surface area (Å²) in [5, 5.41) is 16.4. The quantitative estimate of drug-likeness (QED) is 0.638. The van der Waals surface area contributed by atoms with E-state index in [0.29, 0.717) is 18.9 Å². The van der Waals surface area contributed by atoms with Gasteiger partial charge in [0.05, 0.1) is 4.92 Å². The van der Waals surface area contributed by atoms with Crippen molar-refractivity contribution in [3.05, 3.63) is 57.5 Å². The van der Waals surface area contributed by atoms with E-state index in [1.54, 1.807) is 0 Å². The third-order valence-electron chi connectivity index (χ3n) is 1.70. The molecule has 0 spiro atoms. The number of nitro groups is 1. The van der Waals surface area contributed by atoms with Gasteiger partial charge in [-0.15, -0.1) is 0 Å². The summed E-state index contributed by atoms with van der Waals surface area (Å²) in [5.74, 6) is 0.458. The monoisotopic (exact) mass is 271 g/mol. The minimum Gasteiger partial charge on any atom is -0.367 e. The Hall–Kier alpha value is -1.75. The first-order chi connectivity index (χ1) is 8.60. The van der Waals surface area contributed by atoms with Gasteiger partial charge in [-0.05, 0) is 26.0 Å². The second-order valence-electron chi connectivity index (χ2n) is 3.18. The van der Waals surface area contributed by atoms with Gasteiger partial charge in [0.1, 0.15) is 0 Å². The number of benzene rings is 1. The van der Waals surface area contributed by atoms with Crippen molar-refractivity contribution in [2.24, 2.45) is 0 Å². The van der Waals surface area contributed by atoms with Crippen LogP contribution in [0.5, 0.6) is 0 Å². The van der Waals surface area contributed by atoms with Gasteiger partial charge in [-0.3, -0.25) is 10.1 Å². The molecule has 1 aromatic carbocycles. The Morgan fingerprint density at radius 1 is 1.28 bits per heavy atom. The fourth-order valence-electron chi connectivity index (χ4n) is 1.05. The average molecular weight is 272 g/mol. The number of hydrogen-bond acceptors (Lipinski definition) is 4. The van der Waals surface area contributed by atoms with E-state index in [1.165, 1.54) is 0 Å². The van der Waals surface area contributed by atoms with Crippen molar-refractivity contribution in [3.8, 4) is 0 Å². The third-order valence-corrected chi connectivity index (χ3v) is 1.95. The number of nitrogens with one attached hydrogen (secondary N) is 2. The molecule has 0 aromatic heterocycles. The lowest BCUT2D eigenvalue weighted by molar-refractivity contribution is -0.404. The Bertz CT molecular complexity index is 361. The maximum Gasteiger partial charge on any atom is 0.274 e. The van der Waals surface area contributed by atoms with Crippen LogP contribution in [0, 0.1) is 10.1 Å². The van der Waals surface area contributed by atoms with Gasteiger partial charge in [0, 0.05) is 18.1 Å². The van der Waals surface area contributed by atoms with Crippen molar-refractivity contribution in [1.29, 1.82) is 0 Å².